The lowest BCUT2D eigenvalue weighted by Crippen LogP contribution is -2.44. The standard InChI is InChI=1S/C15H21ClN2O3/c1-10(12-5-7-13(16)8-6-12)11(2)18(3)14(19)9-17-15(20)21-4/h5-8,10-11H,9H2,1-4H3,(H,17,20). The van der Waals surface area contributed by atoms with Gasteiger partial charge in [0.15, 0.2) is 0 Å². The van der Waals surface area contributed by atoms with Crippen LogP contribution in [0.25, 0.3) is 0 Å². The van der Waals surface area contributed by atoms with Gasteiger partial charge in [0.2, 0.25) is 5.91 Å². The molecular weight excluding hydrogens is 292 g/mol. The van der Waals surface area contributed by atoms with Crippen molar-refractivity contribution in [2.75, 3.05) is 20.7 Å². The molecule has 2 unspecified atom stereocenters. The zero-order chi connectivity index (χ0) is 16.0. The maximum atomic E-state index is 12.0. The number of nitrogens with zero attached hydrogens (tertiary/aromatic N) is 1. The van der Waals surface area contributed by atoms with Crippen molar-refractivity contribution < 1.29 is 14.3 Å². The normalized spacial score (nSPS) is 13.2. The molecule has 1 rings (SSSR count). The molecule has 0 aliphatic heterocycles. The summed E-state index contributed by atoms with van der Waals surface area (Å²) in [6.07, 6.45) is -0.616. The number of amides is 2. The average Bonchev–Trinajstić information content (AvgIpc) is 2.50. The fourth-order valence-electron chi connectivity index (χ4n) is 1.95. The number of halogens is 1. The Kier molecular flexibility index (Phi) is 6.49. The van der Waals surface area contributed by atoms with Crippen molar-refractivity contribution in [1.82, 2.24) is 10.2 Å². The van der Waals surface area contributed by atoms with E-state index in [2.05, 4.69) is 10.1 Å². The fraction of sp³-hybridized carbons (Fsp3) is 0.467. The third kappa shape index (κ3) is 4.93. The van der Waals surface area contributed by atoms with Gasteiger partial charge in [-0.1, -0.05) is 30.7 Å². The molecule has 5 nitrogen and oxygen atoms in total. The van der Waals surface area contributed by atoms with E-state index in [0.717, 1.165) is 5.56 Å². The molecule has 0 aliphatic rings. The minimum Gasteiger partial charge on any atom is -0.453 e. The number of likely N-dealkylation sites (N-methyl/N-ethyl adjacent to an activating group) is 1. The lowest BCUT2D eigenvalue weighted by molar-refractivity contribution is -0.130. The number of methoxy groups -OCH3 is 1. The summed E-state index contributed by atoms with van der Waals surface area (Å²) in [5.74, 6) is -0.0249. The minimum atomic E-state index is -0.616. The zero-order valence-corrected chi connectivity index (χ0v) is 13.5. The van der Waals surface area contributed by atoms with Crippen LogP contribution in [0.5, 0.6) is 0 Å². The first kappa shape index (κ1) is 17.3. The summed E-state index contributed by atoms with van der Waals surface area (Å²) in [5, 5.41) is 3.07. The Hall–Kier alpha value is -1.75. The highest BCUT2D eigenvalue weighted by Crippen LogP contribution is 2.23. The van der Waals surface area contributed by atoms with Gasteiger partial charge in [-0.2, -0.15) is 0 Å². The average molecular weight is 313 g/mol. The van der Waals surface area contributed by atoms with Gasteiger partial charge in [0, 0.05) is 24.0 Å². The quantitative estimate of drug-likeness (QED) is 0.909. The van der Waals surface area contributed by atoms with Crippen LogP contribution in [0.4, 0.5) is 4.79 Å². The molecule has 0 bridgehead atoms. The van der Waals surface area contributed by atoms with Crippen LogP contribution >= 0.6 is 11.6 Å². The topological polar surface area (TPSA) is 58.6 Å². The van der Waals surface area contributed by atoms with E-state index >= 15 is 0 Å². The van der Waals surface area contributed by atoms with Crippen LogP contribution < -0.4 is 5.32 Å². The van der Waals surface area contributed by atoms with E-state index in [4.69, 9.17) is 11.6 Å². The van der Waals surface area contributed by atoms with Crippen LogP contribution in [0.3, 0.4) is 0 Å². The molecule has 0 aliphatic carbocycles. The Morgan fingerprint density at radius 3 is 2.38 bits per heavy atom. The molecule has 0 saturated carbocycles. The second-order valence-electron chi connectivity index (χ2n) is 4.93. The second kappa shape index (κ2) is 7.88. The molecule has 2 amide bonds. The first-order valence-electron chi connectivity index (χ1n) is 6.69. The number of hydrogen-bond donors (Lipinski definition) is 1. The Balaban J connectivity index is 2.63. The number of hydrogen-bond acceptors (Lipinski definition) is 3. The van der Waals surface area contributed by atoms with Crippen LogP contribution in [-0.2, 0) is 9.53 Å². The van der Waals surface area contributed by atoms with Crippen molar-refractivity contribution in [3.8, 4) is 0 Å². The minimum absolute atomic E-state index is 0.0156. The predicted octanol–water partition coefficient (Wildman–Crippen LogP) is 2.65. The van der Waals surface area contributed by atoms with E-state index < -0.39 is 6.09 Å². The Morgan fingerprint density at radius 2 is 1.86 bits per heavy atom. The van der Waals surface area contributed by atoms with Gasteiger partial charge in [0.1, 0.15) is 6.54 Å². The molecule has 6 heteroatoms. The molecular formula is C15H21ClN2O3. The first-order valence-corrected chi connectivity index (χ1v) is 7.07. The Labute approximate surface area is 130 Å². The van der Waals surface area contributed by atoms with Gasteiger partial charge in [-0.15, -0.1) is 0 Å². The molecule has 0 fully saturated rings. The van der Waals surface area contributed by atoms with E-state index in [1.165, 1.54) is 7.11 Å². The molecule has 0 spiro atoms. The largest absolute Gasteiger partial charge is 0.453 e. The second-order valence-corrected chi connectivity index (χ2v) is 5.37. The summed E-state index contributed by atoms with van der Waals surface area (Å²) in [4.78, 5) is 24.6. The van der Waals surface area contributed by atoms with Crippen molar-refractivity contribution in [3.05, 3.63) is 34.9 Å². The number of benzene rings is 1. The number of carbonyl (C=O) groups excluding carboxylic acids is 2. The van der Waals surface area contributed by atoms with E-state index in [9.17, 15) is 9.59 Å². The van der Waals surface area contributed by atoms with Crippen molar-refractivity contribution in [3.63, 3.8) is 0 Å². The van der Waals surface area contributed by atoms with Crippen LogP contribution in [0, 0.1) is 0 Å². The van der Waals surface area contributed by atoms with Gasteiger partial charge in [0.05, 0.1) is 7.11 Å². The van der Waals surface area contributed by atoms with E-state index in [-0.39, 0.29) is 24.4 Å². The maximum Gasteiger partial charge on any atom is 0.407 e. The van der Waals surface area contributed by atoms with E-state index in [1.54, 1.807) is 11.9 Å². The van der Waals surface area contributed by atoms with Gasteiger partial charge in [-0.05, 0) is 24.6 Å². The van der Waals surface area contributed by atoms with Crippen molar-refractivity contribution >= 4 is 23.6 Å². The summed E-state index contributed by atoms with van der Waals surface area (Å²) in [6.45, 7) is 3.93. The third-order valence-corrected chi connectivity index (χ3v) is 3.95. The molecule has 2 atom stereocenters. The molecule has 1 aromatic rings. The monoisotopic (exact) mass is 312 g/mol. The number of carbonyl (C=O) groups is 2. The first-order chi connectivity index (χ1) is 9.86. The van der Waals surface area contributed by atoms with Gasteiger partial charge < -0.3 is 15.0 Å². The van der Waals surface area contributed by atoms with Gasteiger partial charge >= 0.3 is 6.09 Å². The highest BCUT2D eigenvalue weighted by Gasteiger charge is 2.22. The van der Waals surface area contributed by atoms with E-state index in [0.29, 0.717) is 5.02 Å². The summed E-state index contributed by atoms with van der Waals surface area (Å²) >= 11 is 5.88. The number of ether oxygens (including phenoxy) is 1. The SMILES string of the molecule is COC(=O)NCC(=O)N(C)C(C)C(C)c1ccc(Cl)cc1. The summed E-state index contributed by atoms with van der Waals surface area (Å²) in [5.41, 5.74) is 1.10. The fourth-order valence-corrected chi connectivity index (χ4v) is 2.08. The lowest BCUT2D eigenvalue weighted by Gasteiger charge is -2.30. The summed E-state index contributed by atoms with van der Waals surface area (Å²) < 4.78 is 4.44. The molecule has 0 heterocycles. The smallest absolute Gasteiger partial charge is 0.407 e. The third-order valence-electron chi connectivity index (χ3n) is 3.69. The molecule has 1 N–H and O–H groups in total. The number of nitrogens with one attached hydrogen (secondary N) is 1. The Bertz CT molecular complexity index is 490. The van der Waals surface area contributed by atoms with Crippen molar-refractivity contribution in [2.24, 2.45) is 0 Å². The number of alkyl carbamates (subject to hydrolysis) is 1. The number of rotatable bonds is 5. The summed E-state index contributed by atoms with van der Waals surface area (Å²) in [7, 11) is 2.98. The van der Waals surface area contributed by atoms with Crippen LogP contribution in [0.2, 0.25) is 5.02 Å². The lowest BCUT2D eigenvalue weighted by atomic mass is 9.93. The zero-order valence-electron chi connectivity index (χ0n) is 12.7. The molecule has 1 aromatic carbocycles. The van der Waals surface area contributed by atoms with Gasteiger partial charge in [-0.3, -0.25) is 4.79 Å². The van der Waals surface area contributed by atoms with Gasteiger partial charge in [-0.25, -0.2) is 4.79 Å². The highest BCUT2D eigenvalue weighted by atomic mass is 35.5. The summed E-state index contributed by atoms with van der Waals surface area (Å²) in [6, 6.07) is 7.56. The molecule has 21 heavy (non-hydrogen) atoms. The van der Waals surface area contributed by atoms with Crippen molar-refractivity contribution in [2.45, 2.75) is 25.8 Å². The molecule has 0 radical (unpaired) electrons. The maximum absolute atomic E-state index is 12.0. The Morgan fingerprint density at radius 1 is 1.29 bits per heavy atom. The van der Waals surface area contributed by atoms with Gasteiger partial charge in [0.25, 0.3) is 0 Å². The van der Waals surface area contributed by atoms with Crippen molar-refractivity contribution in [1.29, 1.82) is 0 Å². The van der Waals surface area contributed by atoms with Crippen LogP contribution in [0.1, 0.15) is 25.3 Å². The predicted molar refractivity (Wildman–Crippen MR) is 82.5 cm³/mol. The van der Waals surface area contributed by atoms with Crippen LogP contribution in [0.15, 0.2) is 24.3 Å². The van der Waals surface area contributed by atoms with E-state index in [1.807, 2.05) is 38.1 Å². The molecule has 0 aromatic heterocycles. The molecule has 116 valence electrons. The highest BCUT2D eigenvalue weighted by molar-refractivity contribution is 6.30. The van der Waals surface area contributed by atoms with Crippen LogP contribution in [-0.4, -0.2) is 43.6 Å². The molecule has 0 saturated heterocycles.